The summed E-state index contributed by atoms with van der Waals surface area (Å²) in [5, 5.41) is 0. The van der Waals surface area contributed by atoms with Crippen LogP contribution in [0.1, 0.15) is 0 Å². The van der Waals surface area contributed by atoms with Gasteiger partial charge in [-0.3, -0.25) is 0 Å². The molecule has 0 aliphatic carbocycles. The highest BCUT2D eigenvalue weighted by Crippen LogP contribution is 2.16. The van der Waals surface area contributed by atoms with Crippen molar-refractivity contribution in [2.45, 2.75) is 0 Å². The second kappa shape index (κ2) is 3.80. The normalized spacial score (nSPS) is 8.00. The molecule has 0 saturated heterocycles. The first kappa shape index (κ1) is 7.85. The molecule has 0 N–H and O–H groups in total. The zero-order valence-corrected chi connectivity index (χ0v) is 8.08. The molecule has 6 heteroatoms. The van der Waals surface area contributed by atoms with Crippen molar-refractivity contribution in [3.63, 3.8) is 0 Å². The largest absolute Gasteiger partial charge is 0.173 e. The molecule has 0 saturated carbocycles. The van der Waals surface area contributed by atoms with E-state index in [-0.39, 0.29) is 0 Å². The first-order chi connectivity index (χ1) is 2.64. The van der Waals surface area contributed by atoms with Gasteiger partial charge in [-0.25, -0.2) is 0 Å². The van der Waals surface area contributed by atoms with Gasteiger partial charge in [0.1, 0.15) is 0 Å². The van der Waals surface area contributed by atoms with Crippen LogP contribution in [0.3, 0.4) is 0 Å². The Balaban J connectivity index is 2.99. The van der Waals surface area contributed by atoms with Crippen LogP contribution in [0, 0.1) is 0 Å². The molecular formula is H8B2P4. The molecule has 0 aromatic heterocycles. The van der Waals surface area contributed by atoms with Crippen LogP contribution in [0.2, 0.25) is 0 Å². The lowest BCUT2D eigenvalue weighted by atomic mass is 9.72. The quantitative estimate of drug-likeness (QED) is 0.381. The highest BCUT2D eigenvalue weighted by molar-refractivity contribution is 8.26. The maximum atomic E-state index is 2.69. The summed E-state index contributed by atoms with van der Waals surface area (Å²) in [6.07, 6.45) is 0. The fraction of sp³-hybridized carbons (Fsp3) is 0. The summed E-state index contributed by atoms with van der Waals surface area (Å²) < 4.78 is 0. The third-order valence-corrected chi connectivity index (χ3v) is 4.00. The van der Waals surface area contributed by atoms with E-state index >= 15 is 0 Å². The second-order valence-corrected chi connectivity index (χ2v) is 5.77. The first-order valence-corrected chi connectivity index (χ1v) is 4.33. The molecule has 0 aliphatic heterocycles. The SMILES string of the molecule is PB(P)B(P)P. The van der Waals surface area contributed by atoms with E-state index < -0.39 is 0 Å². The molecular weight excluding hydrogens is 146 g/mol. The summed E-state index contributed by atoms with van der Waals surface area (Å²) in [7, 11) is 10.8. The van der Waals surface area contributed by atoms with Crippen molar-refractivity contribution >= 4 is 48.6 Å². The summed E-state index contributed by atoms with van der Waals surface area (Å²) in [5.41, 5.74) is 0. The van der Waals surface area contributed by atoms with Gasteiger partial charge in [0.15, 0.2) is 12.1 Å². The van der Waals surface area contributed by atoms with Crippen molar-refractivity contribution in [1.82, 2.24) is 0 Å². The van der Waals surface area contributed by atoms with Crippen LogP contribution in [0.4, 0.5) is 0 Å². The molecule has 0 spiro atoms. The lowest BCUT2D eigenvalue weighted by Crippen LogP contribution is -2.06. The molecule has 0 radical (unpaired) electrons. The van der Waals surface area contributed by atoms with Crippen LogP contribution < -0.4 is 0 Å². The van der Waals surface area contributed by atoms with E-state index in [1.54, 1.807) is 0 Å². The predicted octanol–water partition coefficient (Wildman–Crippen LogP) is 0.542. The van der Waals surface area contributed by atoms with Crippen LogP contribution in [-0.2, 0) is 0 Å². The van der Waals surface area contributed by atoms with Gasteiger partial charge in [0.05, 0.1) is 0 Å². The Labute approximate surface area is 49.2 Å². The summed E-state index contributed by atoms with van der Waals surface area (Å²) in [4.78, 5) is 0. The topological polar surface area (TPSA) is 0 Å². The van der Waals surface area contributed by atoms with Crippen molar-refractivity contribution < 1.29 is 0 Å². The van der Waals surface area contributed by atoms with Gasteiger partial charge in [0.2, 0.25) is 0 Å². The van der Waals surface area contributed by atoms with Crippen molar-refractivity contribution in [2.24, 2.45) is 0 Å². The first-order valence-electron chi connectivity index (χ1n) is 1.67. The summed E-state index contributed by atoms with van der Waals surface area (Å²) in [6.45, 7) is 0. The average Bonchev–Trinajstić information content (AvgIpc) is 1.36. The molecule has 0 aromatic carbocycles. The Bertz CT molecular complexity index is 26.5. The minimum Gasteiger partial charge on any atom is -0.173 e. The van der Waals surface area contributed by atoms with Crippen LogP contribution >= 0.6 is 36.5 Å². The smallest absolute Gasteiger partial charge is 0.165 e. The van der Waals surface area contributed by atoms with Gasteiger partial charge in [-0.1, -0.05) is 0 Å². The zero-order chi connectivity index (χ0) is 5.15. The average molecular weight is 154 g/mol. The van der Waals surface area contributed by atoms with Gasteiger partial charge < -0.3 is 0 Å². The van der Waals surface area contributed by atoms with E-state index in [2.05, 4.69) is 36.5 Å². The Morgan fingerprint density at radius 1 is 0.667 bits per heavy atom. The van der Waals surface area contributed by atoms with Gasteiger partial charge in [-0.15, -0.1) is 0 Å². The number of rotatable bonds is 1. The van der Waals surface area contributed by atoms with Gasteiger partial charge in [-0.05, 0) is 0 Å². The fourth-order valence-corrected chi connectivity index (χ4v) is 0. The molecule has 4 unspecified atom stereocenters. The molecule has 0 heterocycles. The standard InChI is InChI=1S/B2H8P4/c3-1(4)2(5)6/h3-6H2. The van der Waals surface area contributed by atoms with E-state index in [1.807, 2.05) is 0 Å². The Hall–Kier alpha value is 1.85. The summed E-state index contributed by atoms with van der Waals surface area (Å²) >= 11 is 0. The maximum absolute atomic E-state index is 2.69. The number of hydrogen-bond acceptors (Lipinski definition) is 0. The Kier molecular flexibility index (Phi) is 4.98. The van der Waals surface area contributed by atoms with Crippen LogP contribution in [-0.4, -0.2) is 12.1 Å². The minimum atomic E-state index is 0.611. The Morgan fingerprint density at radius 2 is 0.833 bits per heavy atom. The van der Waals surface area contributed by atoms with Crippen molar-refractivity contribution in [2.75, 3.05) is 0 Å². The monoisotopic (exact) mass is 154 g/mol. The molecule has 0 bridgehead atoms. The molecule has 4 atom stereocenters. The maximum Gasteiger partial charge on any atom is 0.165 e. The molecule has 0 nitrogen and oxygen atoms in total. The molecule has 0 aromatic rings. The Morgan fingerprint density at radius 3 is 0.833 bits per heavy atom. The molecule has 6 heavy (non-hydrogen) atoms. The fourth-order valence-electron chi connectivity index (χ4n) is 0. The lowest BCUT2D eigenvalue weighted by molar-refractivity contribution is 4.06. The predicted molar refractivity (Wildman–Crippen MR) is 50.3 cm³/mol. The molecule has 34 valence electrons. The van der Waals surface area contributed by atoms with Crippen molar-refractivity contribution in [1.29, 1.82) is 0 Å². The van der Waals surface area contributed by atoms with E-state index in [1.165, 1.54) is 0 Å². The van der Waals surface area contributed by atoms with Crippen molar-refractivity contribution in [3.8, 4) is 0 Å². The molecule has 0 fully saturated rings. The van der Waals surface area contributed by atoms with E-state index in [0.29, 0.717) is 12.1 Å². The lowest BCUT2D eigenvalue weighted by Gasteiger charge is -1.96. The number of hydrogen-bond donors (Lipinski definition) is 0. The third-order valence-electron chi connectivity index (χ3n) is 0.444. The van der Waals surface area contributed by atoms with Gasteiger partial charge in [-0.2, -0.15) is 36.5 Å². The van der Waals surface area contributed by atoms with Gasteiger partial charge >= 0.3 is 0 Å². The van der Waals surface area contributed by atoms with Crippen molar-refractivity contribution in [3.05, 3.63) is 0 Å². The zero-order valence-electron chi connectivity index (χ0n) is 3.46. The van der Waals surface area contributed by atoms with Crippen LogP contribution in [0.25, 0.3) is 0 Å². The molecule has 0 rings (SSSR count). The van der Waals surface area contributed by atoms with Gasteiger partial charge in [0.25, 0.3) is 0 Å². The second-order valence-electron chi connectivity index (χ2n) is 1.15. The third kappa shape index (κ3) is 4.02. The molecule has 0 amide bonds. The van der Waals surface area contributed by atoms with Gasteiger partial charge in [0, 0.05) is 0 Å². The van der Waals surface area contributed by atoms with Crippen LogP contribution in [0.5, 0.6) is 0 Å². The molecule has 0 aliphatic rings. The van der Waals surface area contributed by atoms with E-state index in [4.69, 9.17) is 0 Å². The summed E-state index contributed by atoms with van der Waals surface area (Å²) in [6, 6.07) is 1.22. The summed E-state index contributed by atoms with van der Waals surface area (Å²) in [5.74, 6) is 0. The minimum absolute atomic E-state index is 0.611. The van der Waals surface area contributed by atoms with Crippen LogP contribution in [0.15, 0.2) is 0 Å². The van der Waals surface area contributed by atoms with E-state index in [0.717, 1.165) is 0 Å². The highest BCUT2D eigenvalue weighted by Gasteiger charge is 2.06. The highest BCUT2D eigenvalue weighted by atomic mass is 31.1. The van der Waals surface area contributed by atoms with E-state index in [9.17, 15) is 0 Å².